The first-order valence-electron chi connectivity index (χ1n) is 7.42. The summed E-state index contributed by atoms with van der Waals surface area (Å²) in [5.41, 5.74) is 0.0295. The van der Waals surface area contributed by atoms with Crippen LogP contribution in [0.2, 0.25) is 0 Å². The zero-order valence-corrected chi connectivity index (χ0v) is 12.2. The van der Waals surface area contributed by atoms with E-state index in [0.29, 0.717) is 18.7 Å². The Morgan fingerprint density at radius 3 is 2.62 bits per heavy atom. The predicted octanol–water partition coefficient (Wildman–Crippen LogP) is 1.86. The van der Waals surface area contributed by atoms with Crippen molar-refractivity contribution in [2.75, 3.05) is 18.6 Å². The molecule has 3 rings (SSSR count). The maximum Gasteiger partial charge on any atom is 0.252 e. The van der Waals surface area contributed by atoms with E-state index in [-0.39, 0.29) is 11.8 Å². The number of hydrogen-bond donors (Lipinski definition) is 1. The van der Waals surface area contributed by atoms with Crippen molar-refractivity contribution in [3.8, 4) is 5.75 Å². The monoisotopic (exact) mass is 288 g/mol. The molecule has 2 fully saturated rings. The van der Waals surface area contributed by atoms with Crippen LogP contribution in [0.15, 0.2) is 24.3 Å². The first kappa shape index (κ1) is 13.9. The van der Waals surface area contributed by atoms with Crippen molar-refractivity contribution in [1.29, 1.82) is 0 Å². The molecule has 0 bridgehead atoms. The van der Waals surface area contributed by atoms with E-state index in [9.17, 15) is 9.59 Å². The van der Waals surface area contributed by atoms with Crippen LogP contribution in [0.1, 0.15) is 32.1 Å². The van der Waals surface area contributed by atoms with E-state index in [4.69, 9.17) is 4.74 Å². The highest BCUT2D eigenvalue weighted by molar-refractivity contribution is 6.05. The van der Waals surface area contributed by atoms with E-state index in [2.05, 4.69) is 5.32 Å². The van der Waals surface area contributed by atoms with Crippen molar-refractivity contribution in [2.45, 2.75) is 37.6 Å². The minimum atomic E-state index is -0.714. The summed E-state index contributed by atoms with van der Waals surface area (Å²) < 4.78 is 5.37. The van der Waals surface area contributed by atoms with Gasteiger partial charge in [0.05, 0.1) is 12.8 Å². The number of hydrogen-bond acceptors (Lipinski definition) is 3. The zero-order chi connectivity index (χ0) is 14.9. The Labute approximate surface area is 124 Å². The second kappa shape index (κ2) is 5.39. The summed E-state index contributed by atoms with van der Waals surface area (Å²) in [5, 5.41) is 2.97. The molecule has 0 unspecified atom stereocenters. The third-order valence-corrected chi connectivity index (χ3v) is 4.43. The molecule has 0 radical (unpaired) electrons. The van der Waals surface area contributed by atoms with Gasteiger partial charge in [0.1, 0.15) is 11.3 Å². The summed E-state index contributed by atoms with van der Waals surface area (Å²) in [5.74, 6) is 0.617. The number of benzene rings is 1. The fourth-order valence-corrected chi connectivity index (χ4v) is 3.36. The molecule has 1 aliphatic heterocycles. The lowest BCUT2D eigenvalue weighted by Crippen LogP contribution is -2.55. The van der Waals surface area contributed by atoms with Crippen molar-refractivity contribution in [1.82, 2.24) is 5.32 Å². The molecule has 1 aromatic rings. The van der Waals surface area contributed by atoms with Crippen LogP contribution >= 0.6 is 0 Å². The number of amides is 2. The molecule has 21 heavy (non-hydrogen) atoms. The van der Waals surface area contributed by atoms with Gasteiger partial charge in [-0.2, -0.15) is 0 Å². The standard InChI is InChI=1S/C16H20N2O3/c1-21-13-7-3-2-6-12(13)18-11-8-14(19)17-16(15(18)20)9-4-5-10-16/h2-3,6-7H,4-5,8-11H2,1H3,(H,17,19). The van der Waals surface area contributed by atoms with Gasteiger partial charge in [0.25, 0.3) is 5.91 Å². The number of para-hydroxylation sites is 2. The van der Waals surface area contributed by atoms with Crippen LogP contribution in [0.4, 0.5) is 5.69 Å². The average molecular weight is 288 g/mol. The third kappa shape index (κ3) is 2.37. The number of carbonyl (C=O) groups is 2. The first-order valence-corrected chi connectivity index (χ1v) is 7.42. The molecule has 1 saturated carbocycles. The van der Waals surface area contributed by atoms with Crippen molar-refractivity contribution in [3.05, 3.63) is 24.3 Å². The van der Waals surface area contributed by atoms with Crippen LogP contribution in [0, 0.1) is 0 Å². The third-order valence-electron chi connectivity index (χ3n) is 4.43. The lowest BCUT2D eigenvalue weighted by atomic mass is 9.95. The van der Waals surface area contributed by atoms with Crippen LogP contribution in [0.25, 0.3) is 0 Å². The summed E-state index contributed by atoms with van der Waals surface area (Å²) in [6.45, 7) is 0.396. The number of nitrogens with zero attached hydrogens (tertiary/aromatic N) is 1. The Hall–Kier alpha value is -2.04. The second-order valence-electron chi connectivity index (χ2n) is 5.72. The second-order valence-corrected chi connectivity index (χ2v) is 5.72. The molecule has 5 heteroatoms. The van der Waals surface area contributed by atoms with Gasteiger partial charge >= 0.3 is 0 Å². The van der Waals surface area contributed by atoms with Crippen LogP contribution in [0.5, 0.6) is 5.75 Å². The van der Waals surface area contributed by atoms with Gasteiger partial charge in [0.15, 0.2) is 0 Å². The van der Waals surface area contributed by atoms with Crippen molar-refractivity contribution >= 4 is 17.5 Å². The van der Waals surface area contributed by atoms with Crippen LogP contribution < -0.4 is 15.0 Å². The summed E-state index contributed by atoms with van der Waals surface area (Å²) in [4.78, 5) is 26.7. The Balaban J connectivity index is 2.01. The van der Waals surface area contributed by atoms with Crippen molar-refractivity contribution in [2.24, 2.45) is 0 Å². The van der Waals surface area contributed by atoms with E-state index in [1.54, 1.807) is 12.0 Å². The predicted molar refractivity (Wildman–Crippen MR) is 79.3 cm³/mol. The Kier molecular flexibility index (Phi) is 3.57. The lowest BCUT2D eigenvalue weighted by Gasteiger charge is -2.32. The van der Waals surface area contributed by atoms with E-state index >= 15 is 0 Å². The first-order chi connectivity index (χ1) is 10.2. The lowest BCUT2D eigenvalue weighted by molar-refractivity contribution is -0.129. The number of nitrogens with one attached hydrogen (secondary N) is 1. The molecule has 5 nitrogen and oxygen atoms in total. The van der Waals surface area contributed by atoms with E-state index in [0.717, 1.165) is 31.4 Å². The van der Waals surface area contributed by atoms with Crippen LogP contribution in [-0.4, -0.2) is 31.0 Å². The number of rotatable bonds is 2. The molecule has 112 valence electrons. The molecule has 1 saturated heterocycles. The van der Waals surface area contributed by atoms with Gasteiger partial charge < -0.3 is 15.0 Å². The fourth-order valence-electron chi connectivity index (χ4n) is 3.36. The highest BCUT2D eigenvalue weighted by Crippen LogP contribution is 2.37. The Morgan fingerprint density at radius 2 is 1.90 bits per heavy atom. The maximum atomic E-state index is 13.0. The highest BCUT2D eigenvalue weighted by atomic mass is 16.5. The SMILES string of the molecule is COc1ccccc1N1CCC(=O)NC2(CCCC2)C1=O. The normalized spacial score (nSPS) is 21.3. The summed E-state index contributed by atoms with van der Waals surface area (Å²) in [6, 6.07) is 7.46. The fraction of sp³-hybridized carbons (Fsp3) is 0.500. The molecule has 0 aromatic heterocycles. The molecule has 1 heterocycles. The topological polar surface area (TPSA) is 58.6 Å². The molecule has 1 aromatic carbocycles. The Bertz CT molecular complexity index is 564. The van der Waals surface area contributed by atoms with E-state index < -0.39 is 5.54 Å². The summed E-state index contributed by atoms with van der Waals surface area (Å²) >= 11 is 0. The van der Waals surface area contributed by atoms with Gasteiger partial charge in [-0.05, 0) is 25.0 Å². The molecule has 0 atom stereocenters. The molecule has 2 aliphatic rings. The number of anilines is 1. The van der Waals surface area contributed by atoms with Gasteiger partial charge in [0, 0.05) is 13.0 Å². The molecule has 2 amide bonds. The van der Waals surface area contributed by atoms with Crippen LogP contribution in [-0.2, 0) is 9.59 Å². The Morgan fingerprint density at radius 1 is 1.19 bits per heavy atom. The average Bonchev–Trinajstić information content (AvgIpc) is 2.92. The minimum absolute atomic E-state index is 0.00431. The van der Waals surface area contributed by atoms with Gasteiger partial charge in [-0.25, -0.2) is 0 Å². The molecule has 1 spiro atoms. The van der Waals surface area contributed by atoms with Crippen LogP contribution in [0.3, 0.4) is 0 Å². The molecular weight excluding hydrogens is 268 g/mol. The number of ether oxygens (including phenoxy) is 1. The highest BCUT2D eigenvalue weighted by Gasteiger charge is 2.47. The number of methoxy groups -OCH3 is 1. The molecular formula is C16H20N2O3. The van der Waals surface area contributed by atoms with Gasteiger partial charge in [-0.15, -0.1) is 0 Å². The summed E-state index contributed by atoms with van der Waals surface area (Å²) in [6.07, 6.45) is 3.73. The zero-order valence-electron chi connectivity index (χ0n) is 12.2. The molecule has 1 N–H and O–H groups in total. The maximum absolute atomic E-state index is 13.0. The van der Waals surface area contributed by atoms with Gasteiger partial charge in [-0.3, -0.25) is 9.59 Å². The van der Waals surface area contributed by atoms with Gasteiger partial charge in [0.2, 0.25) is 5.91 Å². The minimum Gasteiger partial charge on any atom is -0.495 e. The van der Waals surface area contributed by atoms with Crippen molar-refractivity contribution < 1.29 is 14.3 Å². The quantitative estimate of drug-likeness (QED) is 0.903. The van der Waals surface area contributed by atoms with E-state index in [1.165, 1.54) is 0 Å². The largest absolute Gasteiger partial charge is 0.495 e. The molecule has 1 aliphatic carbocycles. The smallest absolute Gasteiger partial charge is 0.252 e. The van der Waals surface area contributed by atoms with Gasteiger partial charge in [-0.1, -0.05) is 25.0 Å². The number of carbonyl (C=O) groups excluding carboxylic acids is 2. The van der Waals surface area contributed by atoms with Crippen molar-refractivity contribution in [3.63, 3.8) is 0 Å². The summed E-state index contributed by atoms with van der Waals surface area (Å²) in [7, 11) is 1.59. The van der Waals surface area contributed by atoms with E-state index in [1.807, 2.05) is 24.3 Å².